The lowest BCUT2D eigenvalue weighted by Gasteiger charge is -2.26. The first-order valence-corrected chi connectivity index (χ1v) is 9.86. The summed E-state index contributed by atoms with van der Waals surface area (Å²) in [6.45, 7) is 0.563. The van der Waals surface area contributed by atoms with E-state index in [2.05, 4.69) is 9.97 Å². The average Bonchev–Trinajstić information content (AvgIpc) is 3.21. The SMILES string of the molecule is COc1ccc(OC)c([C@@H]2CCCN2C(=O)CSc2nccc(C(F)(F)F)n2)c1. The molecule has 1 aliphatic heterocycles. The molecule has 10 heteroatoms. The Hall–Kier alpha value is -2.49. The fourth-order valence-corrected chi connectivity index (χ4v) is 3.98. The molecule has 29 heavy (non-hydrogen) atoms. The van der Waals surface area contributed by atoms with E-state index in [0.717, 1.165) is 42.4 Å². The number of alkyl halides is 3. The summed E-state index contributed by atoms with van der Waals surface area (Å²) in [5, 5.41) is -0.0807. The van der Waals surface area contributed by atoms with Crippen LogP contribution in [0.2, 0.25) is 0 Å². The molecule has 1 aromatic carbocycles. The van der Waals surface area contributed by atoms with Gasteiger partial charge in [-0.2, -0.15) is 13.2 Å². The molecule has 1 amide bonds. The van der Waals surface area contributed by atoms with Crippen LogP contribution < -0.4 is 9.47 Å². The van der Waals surface area contributed by atoms with Crippen molar-refractivity contribution in [1.29, 1.82) is 0 Å². The van der Waals surface area contributed by atoms with Crippen molar-refractivity contribution in [2.24, 2.45) is 0 Å². The normalized spacial score (nSPS) is 16.7. The fraction of sp³-hybridized carbons (Fsp3) is 0.421. The molecular weight excluding hydrogens is 407 g/mol. The molecular formula is C19H20F3N3O3S. The van der Waals surface area contributed by atoms with Gasteiger partial charge >= 0.3 is 6.18 Å². The van der Waals surface area contributed by atoms with Crippen LogP contribution in [0.4, 0.5) is 13.2 Å². The Bertz CT molecular complexity index is 879. The van der Waals surface area contributed by atoms with Gasteiger partial charge in [-0.1, -0.05) is 11.8 Å². The Morgan fingerprint density at radius 2 is 2.07 bits per heavy atom. The van der Waals surface area contributed by atoms with Crippen molar-refractivity contribution in [3.05, 3.63) is 41.7 Å². The number of aromatic nitrogens is 2. The third-order valence-corrected chi connectivity index (χ3v) is 5.46. The summed E-state index contributed by atoms with van der Waals surface area (Å²) in [6.07, 6.45) is -1.92. The quantitative estimate of drug-likeness (QED) is 0.514. The van der Waals surface area contributed by atoms with Crippen molar-refractivity contribution in [3.8, 4) is 11.5 Å². The smallest absolute Gasteiger partial charge is 0.433 e. The van der Waals surface area contributed by atoms with Crippen LogP contribution in [-0.4, -0.2) is 47.3 Å². The number of carbonyl (C=O) groups is 1. The van der Waals surface area contributed by atoms with Crippen molar-refractivity contribution in [1.82, 2.24) is 14.9 Å². The zero-order valence-corrected chi connectivity index (χ0v) is 16.7. The maximum atomic E-state index is 12.8. The van der Waals surface area contributed by atoms with Gasteiger partial charge in [0.05, 0.1) is 26.0 Å². The minimum Gasteiger partial charge on any atom is -0.497 e. The standard InChI is InChI=1S/C19H20F3N3O3S/c1-27-12-5-6-15(28-2)13(10-12)14-4-3-9-25(14)17(26)11-29-18-23-8-7-16(24-18)19(20,21)22/h5-8,10,14H,3-4,9,11H2,1-2H3/t14-/m0/s1. The van der Waals surface area contributed by atoms with E-state index < -0.39 is 11.9 Å². The number of amides is 1. The molecule has 1 atom stereocenters. The number of ether oxygens (including phenoxy) is 2. The first-order valence-electron chi connectivity index (χ1n) is 8.88. The lowest BCUT2D eigenvalue weighted by Crippen LogP contribution is -2.32. The molecule has 1 aromatic heterocycles. The minimum atomic E-state index is -4.55. The lowest BCUT2D eigenvalue weighted by atomic mass is 10.0. The molecule has 1 saturated heterocycles. The molecule has 0 aliphatic carbocycles. The second-order valence-corrected chi connectivity index (χ2v) is 7.31. The highest BCUT2D eigenvalue weighted by molar-refractivity contribution is 7.99. The number of carbonyl (C=O) groups excluding carboxylic acids is 1. The molecule has 6 nitrogen and oxygen atoms in total. The van der Waals surface area contributed by atoms with Crippen molar-refractivity contribution in [3.63, 3.8) is 0 Å². The molecule has 0 bridgehead atoms. The summed E-state index contributed by atoms with van der Waals surface area (Å²) in [4.78, 5) is 21.8. The van der Waals surface area contributed by atoms with Crippen molar-refractivity contribution in [2.45, 2.75) is 30.2 Å². The van der Waals surface area contributed by atoms with E-state index in [9.17, 15) is 18.0 Å². The summed E-state index contributed by atoms with van der Waals surface area (Å²) >= 11 is 0.891. The molecule has 0 N–H and O–H groups in total. The van der Waals surface area contributed by atoms with Gasteiger partial charge in [0.2, 0.25) is 5.91 Å². The van der Waals surface area contributed by atoms with Gasteiger partial charge in [-0.25, -0.2) is 9.97 Å². The first-order chi connectivity index (χ1) is 13.8. The van der Waals surface area contributed by atoms with E-state index in [1.54, 1.807) is 31.3 Å². The Labute approximate surface area is 170 Å². The number of likely N-dealkylation sites (tertiary alicyclic amines) is 1. The van der Waals surface area contributed by atoms with Crippen LogP contribution in [0, 0.1) is 0 Å². The summed E-state index contributed by atoms with van der Waals surface area (Å²) in [5.41, 5.74) is -0.180. The van der Waals surface area contributed by atoms with E-state index in [1.165, 1.54) is 0 Å². The number of nitrogens with zero attached hydrogens (tertiary/aromatic N) is 3. The number of halogens is 3. The maximum Gasteiger partial charge on any atom is 0.433 e. The molecule has 2 aromatic rings. The van der Waals surface area contributed by atoms with Gasteiger partial charge in [0.1, 0.15) is 17.2 Å². The monoisotopic (exact) mass is 427 g/mol. The summed E-state index contributed by atoms with van der Waals surface area (Å²) < 4.78 is 49.1. The van der Waals surface area contributed by atoms with Crippen LogP contribution in [0.5, 0.6) is 11.5 Å². The van der Waals surface area contributed by atoms with Gasteiger partial charge in [-0.15, -0.1) is 0 Å². The van der Waals surface area contributed by atoms with Crippen LogP contribution >= 0.6 is 11.8 Å². The van der Waals surface area contributed by atoms with Crippen LogP contribution in [-0.2, 0) is 11.0 Å². The Balaban J connectivity index is 1.73. The summed E-state index contributed by atoms with van der Waals surface area (Å²) in [6, 6.07) is 6.04. The molecule has 156 valence electrons. The second kappa shape index (κ2) is 8.89. The third kappa shape index (κ3) is 4.92. The first kappa shape index (κ1) is 21.2. The predicted octanol–water partition coefficient (Wildman–Crippen LogP) is 3.97. The zero-order valence-electron chi connectivity index (χ0n) is 15.9. The van der Waals surface area contributed by atoms with Gasteiger partial charge < -0.3 is 14.4 Å². The number of hydrogen-bond acceptors (Lipinski definition) is 6. The molecule has 1 aliphatic rings. The second-order valence-electron chi connectivity index (χ2n) is 6.36. The lowest BCUT2D eigenvalue weighted by molar-refractivity contribution is -0.141. The van der Waals surface area contributed by atoms with Crippen LogP contribution in [0.1, 0.15) is 30.1 Å². The third-order valence-electron chi connectivity index (χ3n) is 4.62. The minimum absolute atomic E-state index is 0.0515. The fourth-order valence-electron chi connectivity index (χ4n) is 3.27. The maximum absolute atomic E-state index is 12.8. The van der Waals surface area contributed by atoms with Crippen molar-refractivity contribution < 1.29 is 27.4 Å². The summed E-state index contributed by atoms with van der Waals surface area (Å²) in [7, 11) is 3.13. The molecule has 0 radical (unpaired) electrons. The molecule has 0 saturated carbocycles. The van der Waals surface area contributed by atoms with Crippen LogP contribution in [0.3, 0.4) is 0 Å². The molecule has 0 unspecified atom stereocenters. The topological polar surface area (TPSA) is 64.6 Å². The van der Waals surface area contributed by atoms with Crippen molar-refractivity contribution in [2.75, 3.05) is 26.5 Å². The van der Waals surface area contributed by atoms with E-state index >= 15 is 0 Å². The molecule has 0 spiro atoms. The zero-order chi connectivity index (χ0) is 21.0. The van der Waals surface area contributed by atoms with Crippen LogP contribution in [0.15, 0.2) is 35.6 Å². The van der Waals surface area contributed by atoms with Gasteiger partial charge in [-0.3, -0.25) is 4.79 Å². The van der Waals surface area contributed by atoms with E-state index in [-0.39, 0.29) is 22.9 Å². The average molecular weight is 427 g/mol. The van der Waals surface area contributed by atoms with Crippen LogP contribution in [0.25, 0.3) is 0 Å². The summed E-state index contributed by atoms with van der Waals surface area (Å²) in [5.74, 6) is 1.07. The number of hydrogen-bond donors (Lipinski definition) is 0. The highest BCUT2D eigenvalue weighted by Gasteiger charge is 2.34. The Kier molecular flexibility index (Phi) is 6.51. The van der Waals surface area contributed by atoms with E-state index in [0.29, 0.717) is 18.0 Å². The Morgan fingerprint density at radius 3 is 2.76 bits per heavy atom. The molecule has 2 heterocycles. The van der Waals surface area contributed by atoms with Gasteiger partial charge in [0.25, 0.3) is 0 Å². The number of benzene rings is 1. The van der Waals surface area contributed by atoms with Crippen molar-refractivity contribution >= 4 is 17.7 Å². The van der Waals surface area contributed by atoms with E-state index in [4.69, 9.17) is 9.47 Å². The Morgan fingerprint density at radius 1 is 1.28 bits per heavy atom. The highest BCUT2D eigenvalue weighted by atomic mass is 32.2. The number of methoxy groups -OCH3 is 2. The van der Waals surface area contributed by atoms with E-state index in [1.807, 2.05) is 6.07 Å². The largest absolute Gasteiger partial charge is 0.497 e. The molecule has 3 rings (SSSR count). The highest BCUT2D eigenvalue weighted by Crippen LogP contribution is 2.39. The molecule has 1 fully saturated rings. The number of thioether (sulfide) groups is 1. The van der Waals surface area contributed by atoms with Gasteiger partial charge in [-0.05, 0) is 37.1 Å². The van der Waals surface area contributed by atoms with Gasteiger partial charge in [0.15, 0.2) is 5.16 Å². The van der Waals surface area contributed by atoms with Gasteiger partial charge in [0, 0.05) is 18.3 Å². The predicted molar refractivity (Wildman–Crippen MR) is 101 cm³/mol. The number of rotatable bonds is 6.